The Bertz CT molecular complexity index is 547. The van der Waals surface area contributed by atoms with Crippen molar-refractivity contribution in [3.63, 3.8) is 0 Å². The third-order valence-electron chi connectivity index (χ3n) is 2.26. The van der Waals surface area contributed by atoms with E-state index in [0.717, 1.165) is 15.6 Å². The Morgan fingerprint density at radius 1 is 1.65 bits per heavy atom. The summed E-state index contributed by atoms with van der Waals surface area (Å²) in [6.45, 7) is 1.93. The molecule has 0 spiro atoms. The summed E-state index contributed by atoms with van der Waals surface area (Å²) < 4.78 is 1.84. The van der Waals surface area contributed by atoms with Crippen molar-refractivity contribution < 1.29 is 9.90 Å². The van der Waals surface area contributed by atoms with Gasteiger partial charge in [0, 0.05) is 17.7 Å². The number of thioether (sulfide) groups is 1. The first kappa shape index (κ1) is 12.1. The molecule has 0 bridgehead atoms. The predicted molar refractivity (Wildman–Crippen MR) is 66.6 cm³/mol. The van der Waals surface area contributed by atoms with Crippen LogP contribution in [-0.4, -0.2) is 25.8 Å². The fourth-order valence-corrected chi connectivity index (χ4v) is 3.23. The number of carboxylic acid groups (broad SMARTS) is 1. The summed E-state index contributed by atoms with van der Waals surface area (Å²) in [7, 11) is 1.88. The lowest BCUT2D eigenvalue weighted by molar-refractivity contribution is 0.0702. The van der Waals surface area contributed by atoms with Gasteiger partial charge in [-0.05, 0) is 18.6 Å². The quantitative estimate of drug-likeness (QED) is 0.862. The molecule has 0 unspecified atom stereocenters. The molecule has 2 rings (SSSR count). The van der Waals surface area contributed by atoms with Gasteiger partial charge in [-0.2, -0.15) is 0 Å². The van der Waals surface area contributed by atoms with Crippen LogP contribution in [0.2, 0.25) is 0 Å². The Balaban J connectivity index is 2.09. The maximum absolute atomic E-state index is 10.8. The molecule has 5 nitrogen and oxygen atoms in total. The summed E-state index contributed by atoms with van der Waals surface area (Å²) in [4.78, 5) is 12.3. The van der Waals surface area contributed by atoms with Crippen LogP contribution < -0.4 is 0 Å². The number of carboxylic acids is 1. The van der Waals surface area contributed by atoms with Gasteiger partial charge in [-0.1, -0.05) is 11.8 Å². The fraction of sp³-hybridized carbons (Fsp3) is 0.300. The average Bonchev–Trinajstić information content (AvgIpc) is 2.82. The highest BCUT2D eigenvalue weighted by molar-refractivity contribution is 7.98. The molecule has 7 heteroatoms. The van der Waals surface area contributed by atoms with Gasteiger partial charge in [0.1, 0.15) is 11.2 Å². The Morgan fingerprint density at radius 3 is 2.94 bits per heavy atom. The second kappa shape index (κ2) is 4.89. The molecule has 1 N–H and O–H groups in total. The molecule has 2 aromatic heterocycles. The lowest BCUT2D eigenvalue weighted by Crippen LogP contribution is -1.91. The first-order chi connectivity index (χ1) is 8.08. The second-order valence-electron chi connectivity index (χ2n) is 3.51. The summed E-state index contributed by atoms with van der Waals surface area (Å²) in [5.41, 5.74) is 1.04. The van der Waals surface area contributed by atoms with Crippen LogP contribution in [-0.2, 0) is 12.8 Å². The second-order valence-corrected chi connectivity index (χ2v) is 5.71. The standard InChI is InChI=1S/C10H11N3O2S2/c1-6-7(3-8(17-6)9(14)15)4-16-10-12-11-5-13(10)2/h3,5H,4H2,1-2H3,(H,14,15). The first-order valence-corrected chi connectivity index (χ1v) is 6.67. The number of aromatic carboxylic acids is 1. The van der Waals surface area contributed by atoms with Gasteiger partial charge >= 0.3 is 5.97 Å². The maximum Gasteiger partial charge on any atom is 0.345 e. The zero-order chi connectivity index (χ0) is 12.4. The van der Waals surface area contributed by atoms with E-state index in [-0.39, 0.29) is 0 Å². The molecule has 0 amide bonds. The van der Waals surface area contributed by atoms with E-state index in [4.69, 9.17) is 5.11 Å². The molecule has 0 fully saturated rings. The third kappa shape index (κ3) is 2.67. The molecular formula is C10H11N3O2S2. The topological polar surface area (TPSA) is 68.0 Å². The molecular weight excluding hydrogens is 258 g/mol. The van der Waals surface area contributed by atoms with E-state index in [1.165, 1.54) is 11.3 Å². The summed E-state index contributed by atoms with van der Waals surface area (Å²) in [6.07, 6.45) is 1.64. The Hall–Kier alpha value is -1.34. The van der Waals surface area contributed by atoms with Crippen LogP contribution in [0.25, 0.3) is 0 Å². The summed E-state index contributed by atoms with van der Waals surface area (Å²) in [5.74, 6) is -0.157. The average molecular weight is 269 g/mol. The SMILES string of the molecule is Cc1sc(C(=O)O)cc1CSc1nncn1C. The van der Waals surface area contributed by atoms with E-state index in [9.17, 15) is 4.79 Å². The molecule has 2 aromatic rings. The van der Waals surface area contributed by atoms with E-state index in [2.05, 4.69) is 10.2 Å². The number of hydrogen-bond donors (Lipinski definition) is 1. The number of aromatic nitrogens is 3. The van der Waals surface area contributed by atoms with Crippen molar-refractivity contribution in [3.05, 3.63) is 27.7 Å². The predicted octanol–water partition coefficient (Wildman–Crippen LogP) is 2.18. The number of thiophene rings is 1. The van der Waals surface area contributed by atoms with E-state index in [0.29, 0.717) is 10.6 Å². The van der Waals surface area contributed by atoms with Crippen molar-refractivity contribution in [3.8, 4) is 0 Å². The van der Waals surface area contributed by atoms with Gasteiger partial charge in [0.05, 0.1) is 0 Å². The van der Waals surface area contributed by atoms with Crippen LogP contribution >= 0.6 is 23.1 Å². The van der Waals surface area contributed by atoms with E-state index in [1.807, 2.05) is 18.5 Å². The lowest BCUT2D eigenvalue weighted by Gasteiger charge is -1.99. The number of carbonyl (C=O) groups is 1. The van der Waals surface area contributed by atoms with Gasteiger partial charge in [-0.15, -0.1) is 21.5 Å². The van der Waals surface area contributed by atoms with Crippen molar-refractivity contribution in [2.75, 3.05) is 0 Å². The molecule has 0 saturated carbocycles. The zero-order valence-electron chi connectivity index (χ0n) is 9.38. The summed E-state index contributed by atoms with van der Waals surface area (Å²) in [6, 6.07) is 1.73. The Labute approximate surface area is 106 Å². The van der Waals surface area contributed by atoms with Gasteiger partial charge in [-0.3, -0.25) is 0 Å². The molecule has 0 aromatic carbocycles. The Morgan fingerprint density at radius 2 is 2.41 bits per heavy atom. The minimum absolute atomic E-state index is 0.385. The molecule has 0 aliphatic carbocycles. The van der Waals surface area contributed by atoms with Crippen LogP contribution in [0.1, 0.15) is 20.1 Å². The molecule has 90 valence electrons. The van der Waals surface area contributed by atoms with Crippen molar-refractivity contribution in [1.29, 1.82) is 0 Å². The van der Waals surface area contributed by atoms with Crippen LogP contribution in [0.15, 0.2) is 17.6 Å². The van der Waals surface area contributed by atoms with Gasteiger partial charge in [0.25, 0.3) is 0 Å². The molecule has 0 radical (unpaired) electrons. The van der Waals surface area contributed by atoms with Crippen LogP contribution in [0.4, 0.5) is 0 Å². The molecule has 0 atom stereocenters. The highest BCUT2D eigenvalue weighted by Crippen LogP contribution is 2.27. The first-order valence-electron chi connectivity index (χ1n) is 4.87. The molecule has 0 saturated heterocycles. The number of nitrogens with zero attached hydrogens (tertiary/aromatic N) is 3. The van der Waals surface area contributed by atoms with Gasteiger partial charge in [-0.25, -0.2) is 4.79 Å². The van der Waals surface area contributed by atoms with Crippen molar-refractivity contribution >= 4 is 29.1 Å². The van der Waals surface area contributed by atoms with Gasteiger partial charge in [0.2, 0.25) is 0 Å². The van der Waals surface area contributed by atoms with Gasteiger partial charge in [0.15, 0.2) is 5.16 Å². The summed E-state index contributed by atoms with van der Waals surface area (Å²) >= 11 is 2.86. The van der Waals surface area contributed by atoms with Crippen LogP contribution in [0.5, 0.6) is 0 Å². The zero-order valence-corrected chi connectivity index (χ0v) is 11.0. The highest BCUT2D eigenvalue weighted by Gasteiger charge is 2.12. The van der Waals surface area contributed by atoms with Crippen LogP contribution in [0, 0.1) is 6.92 Å². The number of aryl methyl sites for hydroxylation is 2. The van der Waals surface area contributed by atoms with Crippen LogP contribution in [0.3, 0.4) is 0 Å². The van der Waals surface area contributed by atoms with Gasteiger partial charge < -0.3 is 9.67 Å². The lowest BCUT2D eigenvalue weighted by atomic mass is 10.3. The monoisotopic (exact) mass is 269 g/mol. The molecule has 0 aliphatic heterocycles. The normalized spacial score (nSPS) is 10.7. The smallest absolute Gasteiger partial charge is 0.345 e. The van der Waals surface area contributed by atoms with Crippen molar-refractivity contribution in [1.82, 2.24) is 14.8 Å². The Kier molecular flexibility index (Phi) is 3.49. The van der Waals surface area contributed by atoms with E-state index >= 15 is 0 Å². The molecule has 0 aliphatic rings. The minimum Gasteiger partial charge on any atom is -0.477 e. The third-order valence-corrected chi connectivity index (χ3v) is 4.42. The van der Waals surface area contributed by atoms with E-state index in [1.54, 1.807) is 24.2 Å². The number of hydrogen-bond acceptors (Lipinski definition) is 5. The molecule has 17 heavy (non-hydrogen) atoms. The molecule has 2 heterocycles. The van der Waals surface area contributed by atoms with Crippen molar-refractivity contribution in [2.45, 2.75) is 17.8 Å². The minimum atomic E-state index is -0.868. The van der Waals surface area contributed by atoms with E-state index < -0.39 is 5.97 Å². The maximum atomic E-state index is 10.8. The summed E-state index contributed by atoms with van der Waals surface area (Å²) in [5, 5.41) is 17.5. The number of rotatable bonds is 4. The highest BCUT2D eigenvalue weighted by atomic mass is 32.2. The van der Waals surface area contributed by atoms with Crippen molar-refractivity contribution in [2.24, 2.45) is 7.05 Å². The largest absolute Gasteiger partial charge is 0.477 e. The fourth-order valence-electron chi connectivity index (χ4n) is 1.31.